The number of ether oxygens (including phenoxy) is 2. The Kier molecular flexibility index (Phi) is 6.71. The van der Waals surface area contributed by atoms with Crippen LogP contribution >= 0.6 is 0 Å². The fourth-order valence-electron chi connectivity index (χ4n) is 4.32. The van der Waals surface area contributed by atoms with Crippen LogP contribution in [0.15, 0.2) is 51.5 Å². The van der Waals surface area contributed by atoms with Gasteiger partial charge in [0.05, 0.1) is 29.9 Å². The number of esters is 2. The second-order valence-corrected chi connectivity index (χ2v) is 9.81. The van der Waals surface area contributed by atoms with Gasteiger partial charge in [0.2, 0.25) is 10.0 Å². The molecule has 0 amide bonds. The second kappa shape index (κ2) is 8.96. The third-order valence-electron chi connectivity index (χ3n) is 5.99. The minimum absolute atomic E-state index is 0.153. The third kappa shape index (κ3) is 4.19. The highest BCUT2D eigenvalue weighted by atomic mass is 32.2. The fraction of sp³-hybridized carbons (Fsp3) is 0.478. The number of aryl methyl sites for hydroxylation is 1. The molecule has 1 aliphatic carbocycles. The molecule has 1 fully saturated rings. The van der Waals surface area contributed by atoms with E-state index in [1.165, 1.54) is 4.31 Å². The summed E-state index contributed by atoms with van der Waals surface area (Å²) in [6, 6.07) is 6.72. The number of benzene rings is 1. The van der Waals surface area contributed by atoms with Crippen molar-refractivity contribution in [3.05, 3.63) is 52.1 Å². The zero-order valence-electron chi connectivity index (χ0n) is 18.6. The van der Waals surface area contributed by atoms with Gasteiger partial charge in [-0.3, -0.25) is 9.59 Å². The summed E-state index contributed by atoms with van der Waals surface area (Å²) >= 11 is 0. The molecule has 0 bridgehead atoms. The van der Waals surface area contributed by atoms with E-state index in [4.69, 9.17) is 9.47 Å². The van der Waals surface area contributed by atoms with Gasteiger partial charge in [0.15, 0.2) is 0 Å². The summed E-state index contributed by atoms with van der Waals surface area (Å²) in [4.78, 5) is 25.8. The maximum Gasteiger partial charge on any atom is 0.314 e. The Labute approximate surface area is 183 Å². The molecule has 0 saturated carbocycles. The Morgan fingerprint density at radius 3 is 1.68 bits per heavy atom. The average Bonchev–Trinajstić information content (AvgIpc) is 3.18. The number of hydrogen-bond acceptors (Lipinski definition) is 6. The van der Waals surface area contributed by atoms with Crippen LogP contribution in [-0.2, 0) is 29.1 Å². The molecule has 0 N–H and O–H groups in total. The van der Waals surface area contributed by atoms with Gasteiger partial charge in [-0.1, -0.05) is 28.8 Å². The predicted octanol–water partition coefficient (Wildman–Crippen LogP) is 3.00. The summed E-state index contributed by atoms with van der Waals surface area (Å²) in [6.45, 7) is 9.56. The molecule has 3 rings (SSSR count). The number of carbonyl (C=O) groups excluding carboxylic acids is 2. The van der Waals surface area contributed by atoms with Crippen LogP contribution in [0.1, 0.15) is 33.3 Å². The topological polar surface area (TPSA) is 90.0 Å². The summed E-state index contributed by atoms with van der Waals surface area (Å²) in [5, 5.41) is 0. The summed E-state index contributed by atoms with van der Waals surface area (Å²) < 4.78 is 38.4. The van der Waals surface area contributed by atoms with E-state index in [-0.39, 0.29) is 31.2 Å². The minimum atomic E-state index is -3.72. The van der Waals surface area contributed by atoms with Crippen LogP contribution in [0.4, 0.5) is 0 Å². The standard InChI is InChI=1S/C23H29NO6S/c1-6-29-22(25)20-15(4)18-12-24(31(27,28)17-10-8-14(3)9-11-17)13-19(18)16(5)21(20)23(26)30-7-2/h8-11,20-21H,6-7,12-13H2,1-5H3/t20-,21-/m1/s1. The highest BCUT2D eigenvalue weighted by Crippen LogP contribution is 2.44. The molecular formula is C23H29NO6S. The van der Waals surface area contributed by atoms with Gasteiger partial charge in [-0.15, -0.1) is 0 Å². The predicted molar refractivity (Wildman–Crippen MR) is 116 cm³/mol. The lowest BCUT2D eigenvalue weighted by Gasteiger charge is -2.32. The first-order valence-electron chi connectivity index (χ1n) is 10.4. The second-order valence-electron chi connectivity index (χ2n) is 7.87. The minimum Gasteiger partial charge on any atom is -0.466 e. The Bertz CT molecular complexity index is 1000. The van der Waals surface area contributed by atoms with Crippen molar-refractivity contribution in [1.29, 1.82) is 0 Å². The number of rotatable bonds is 6. The molecule has 1 saturated heterocycles. The fourth-order valence-corrected chi connectivity index (χ4v) is 5.70. The Morgan fingerprint density at radius 1 is 0.871 bits per heavy atom. The highest BCUT2D eigenvalue weighted by Gasteiger charge is 2.47. The summed E-state index contributed by atoms with van der Waals surface area (Å²) in [7, 11) is -3.72. The number of carbonyl (C=O) groups is 2. The van der Waals surface area contributed by atoms with Crippen LogP contribution in [0.2, 0.25) is 0 Å². The van der Waals surface area contributed by atoms with Crippen molar-refractivity contribution < 1.29 is 27.5 Å². The molecule has 0 unspecified atom stereocenters. The molecule has 0 radical (unpaired) electrons. The summed E-state index contributed by atoms with van der Waals surface area (Å²) in [5.41, 5.74) is 3.87. The quantitative estimate of drug-likeness (QED) is 0.623. The average molecular weight is 448 g/mol. The number of sulfonamides is 1. The molecule has 2 aliphatic rings. The van der Waals surface area contributed by atoms with Gasteiger partial charge in [-0.2, -0.15) is 4.31 Å². The Hall–Kier alpha value is -2.45. The van der Waals surface area contributed by atoms with Crippen LogP contribution in [0.5, 0.6) is 0 Å². The monoisotopic (exact) mass is 447 g/mol. The van der Waals surface area contributed by atoms with Gasteiger partial charge in [0, 0.05) is 13.1 Å². The SMILES string of the molecule is CCOC(=O)[C@@H]1C(C)=C2CN(S(=O)(=O)c3ccc(C)cc3)CC2=C(C)[C@H]1C(=O)OCC. The molecule has 1 aromatic rings. The molecule has 168 valence electrons. The van der Waals surface area contributed by atoms with E-state index in [2.05, 4.69) is 0 Å². The van der Waals surface area contributed by atoms with Gasteiger partial charge in [-0.05, 0) is 57.9 Å². The van der Waals surface area contributed by atoms with Gasteiger partial charge in [-0.25, -0.2) is 8.42 Å². The maximum absolute atomic E-state index is 13.2. The first-order chi connectivity index (χ1) is 14.6. The number of fused-ring (bicyclic) bond motifs is 1. The summed E-state index contributed by atoms with van der Waals surface area (Å²) in [6.07, 6.45) is 0. The largest absolute Gasteiger partial charge is 0.466 e. The van der Waals surface area contributed by atoms with Gasteiger partial charge in [0.1, 0.15) is 0 Å². The smallest absolute Gasteiger partial charge is 0.314 e. The molecule has 7 nitrogen and oxygen atoms in total. The lowest BCUT2D eigenvalue weighted by molar-refractivity contribution is -0.157. The van der Waals surface area contributed by atoms with Crippen molar-refractivity contribution in [2.75, 3.05) is 26.3 Å². The van der Waals surface area contributed by atoms with Crippen LogP contribution in [-0.4, -0.2) is 51.0 Å². The van der Waals surface area contributed by atoms with E-state index in [9.17, 15) is 18.0 Å². The molecule has 1 aromatic carbocycles. The Balaban J connectivity index is 2.05. The van der Waals surface area contributed by atoms with E-state index in [1.807, 2.05) is 6.92 Å². The van der Waals surface area contributed by atoms with Gasteiger partial charge < -0.3 is 9.47 Å². The molecule has 1 heterocycles. The zero-order chi connectivity index (χ0) is 22.9. The van der Waals surface area contributed by atoms with Gasteiger partial charge >= 0.3 is 11.9 Å². The Morgan fingerprint density at radius 2 is 1.29 bits per heavy atom. The maximum atomic E-state index is 13.2. The molecule has 8 heteroatoms. The van der Waals surface area contributed by atoms with Crippen LogP contribution in [0, 0.1) is 18.8 Å². The summed E-state index contributed by atoms with van der Waals surface area (Å²) in [5.74, 6) is -2.63. The van der Waals surface area contributed by atoms with Crippen LogP contribution in [0.3, 0.4) is 0 Å². The first kappa shape index (κ1) is 23.2. The van der Waals surface area contributed by atoms with Crippen molar-refractivity contribution in [3.8, 4) is 0 Å². The number of hydrogen-bond donors (Lipinski definition) is 0. The van der Waals surface area contributed by atoms with E-state index in [0.717, 1.165) is 16.7 Å². The molecule has 0 aromatic heterocycles. The van der Waals surface area contributed by atoms with Crippen molar-refractivity contribution in [3.63, 3.8) is 0 Å². The van der Waals surface area contributed by atoms with Gasteiger partial charge in [0.25, 0.3) is 0 Å². The molecule has 31 heavy (non-hydrogen) atoms. The van der Waals surface area contributed by atoms with Crippen molar-refractivity contribution in [2.45, 2.75) is 39.5 Å². The lowest BCUT2D eigenvalue weighted by Crippen LogP contribution is -2.37. The van der Waals surface area contributed by atoms with E-state index in [0.29, 0.717) is 11.1 Å². The molecule has 1 aliphatic heterocycles. The van der Waals surface area contributed by atoms with E-state index in [1.54, 1.807) is 52.0 Å². The highest BCUT2D eigenvalue weighted by molar-refractivity contribution is 7.89. The van der Waals surface area contributed by atoms with E-state index < -0.39 is 33.8 Å². The van der Waals surface area contributed by atoms with Crippen LogP contribution < -0.4 is 0 Å². The lowest BCUT2D eigenvalue weighted by atomic mass is 9.73. The normalized spacial score (nSPS) is 21.8. The van der Waals surface area contributed by atoms with Crippen LogP contribution in [0.25, 0.3) is 0 Å². The van der Waals surface area contributed by atoms with Crippen molar-refractivity contribution in [1.82, 2.24) is 4.31 Å². The third-order valence-corrected chi connectivity index (χ3v) is 7.80. The molecule has 2 atom stereocenters. The molecule has 0 spiro atoms. The molecular weight excluding hydrogens is 418 g/mol. The number of nitrogens with zero attached hydrogens (tertiary/aromatic N) is 1. The first-order valence-corrected chi connectivity index (χ1v) is 11.9. The van der Waals surface area contributed by atoms with Crippen molar-refractivity contribution >= 4 is 22.0 Å². The van der Waals surface area contributed by atoms with Crippen molar-refractivity contribution in [2.24, 2.45) is 11.8 Å². The zero-order valence-corrected chi connectivity index (χ0v) is 19.4. The van der Waals surface area contributed by atoms with E-state index >= 15 is 0 Å².